The zero-order valence-corrected chi connectivity index (χ0v) is 10.2. The molecule has 0 radical (unpaired) electrons. The van der Waals surface area contributed by atoms with Gasteiger partial charge >= 0.3 is 0 Å². The number of halogens is 1. The fourth-order valence-corrected chi connectivity index (χ4v) is 1.76. The molecule has 18 heavy (non-hydrogen) atoms. The van der Waals surface area contributed by atoms with Gasteiger partial charge < -0.3 is 15.0 Å². The van der Waals surface area contributed by atoms with Gasteiger partial charge in [0.05, 0.1) is 0 Å². The highest BCUT2D eigenvalue weighted by Crippen LogP contribution is 2.17. The van der Waals surface area contributed by atoms with Crippen molar-refractivity contribution in [1.29, 1.82) is 0 Å². The Labute approximate surface area is 105 Å². The highest BCUT2D eigenvalue weighted by Gasteiger charge is 2.03. The molecule has 0 spiro atoms. The van der Waals surface area contributed by atoms with E-state index in [0.29, 0.717) is 12.1 Å². The minimum absolute atomic E-state index is 0.112. The maximum absolute atomic E-state index is 13.0. The third-order valence-electron chi connectivity index (χ3n) is 2.80. The molecular formula is C13H16FN3O. The third-order valence-corrected chi connectivity index (χ3v) is 2.80. The van der Waals surface area contributed by atoms with Gasteiger partial charge in [-0.15, -0.1) is 0 Å². The molecule has 0 aliphatic heterocycles. The molecule has 0 bridgehead atoms. The minimum atomic E-state index is -0.339. The molecule has 5 heteroatoms. The molecule has 96 valence electrons. The van der Waals surface area contributed by atoms with Crippen molar-refractivity contribution in [3.63, 3.8) is 0 Å². The van der Waals surface area contributed by atoms with E-state index in [1.54, 1.807) is 6.20 Å². The zero-order chi connectivity index (χ0) is 13.0. The quantitative estimate of drug-likeness (QED) is 0.791. The van der Waals surface area contributed by atoms with Crippen LogP contribution < -0.4 is 5.32 Å². The normalized spacial score (nSPS) is 10.8. The number of aromatic hydroxyl groups is 1. The van der Waals surface area contributed by atoms with Gasteiger partial charge in [0, 0.05) is 44.5 Å². The van der Waals surface area contributed by atoms with Crippen LogP contribution in [0, 0.1) is 5.82 Å². The Kier molecular flexibility index (Phi) is 3.94. The third kappa shape index (κ3) is 3.07. The van der Waals surface area contributed by atoms with Gasteiger partial charge in [-0.05, 0) is 18.2 Å². The number of hydrogen-bond acceptors (Lipinski definition) is 3. The summed E-state index contributed by atoms with van der Waals surface area (Å²) in [6, 6.07) is 3.95. The van der Waals surface area contributed by atoms with Gasteiger partial charge in [0.1, 0.15) is 17.4 Å². The van der Waals surface area contributed by atoms with Gasteiger partial charge in [-0.3, -0.25) is 0 Å². The SMILES string of the molecule is Cn1ccnc1CCNCc1cc(F)ccc1O. The van der Waals surface area contributed by atoms with Crippen molar-refractivity contribution in [3.8, 4) is 5.75 Å². The van der Waals surface area contributed by atoms with Gasteiger partial charge in [-0.1, -0.05) is 0 Å². The fraction of sp³-hybridized carbons (Fsp3) is 0.308. The lowest BCUT2D eigenvalue weighted by Gasteiger charge is -2.07. The maximum atomic E-state index is 13.0. The second kappa shape index (κ2) is 5.64. The fourth-order valence-electron chi connectivity index (χ4n) is 1.76. The number of phenols is 1. The number of aryl methyl sites for hydroxylation is 1. The van der Waals surface area contributed by atoms with Crippen molar-refractivity contribution in [1.82, 2.24) is 14.9 Å². The molecule has 0 saturated carbocycles. The Balaban J connectivity index is 1.82. The zero-order valence-electron chi connectivity index (χ0n) is 10.2. The summed E-state index contributed by atoms with van der Waals surface area (Å²) in [4.78, 5) is 4.21. The summed E-state index contributed by atoms with van der Waals surface area (Å²) < 4.78 is 14.9. The summed E-state index contributed by atoms with van der Waals surface area (Å²) in [5.74, 6) is 0.764. The largest absolute Gasteiger partial charge is 0.508 e. The first-order chi connectivity index (χ1) is 8.66. The summed E-state index contributed by atoms with van der Waals surface area (Å²) in [5, 5.41) is 12.7. The van der Waals surface area contributed by atoms with Crippen LogP contribution in [0.5, 0.6) is 5.75 Å². The molecule has 4 nitrogen and oxygen atoms in total. The van der Waals surface area contributed by atoms with Crippen LogP contribution in [-0.2, 0) is 20.0 Å². The molecule has 0 aliphatic carbocycles. The van der Waals surface area contributed by atoms with Gasteiger partial charge in [0.2, 0.25) is 0 Å². The predicted octanol–water partition coefficient (Wildman–Crippen LogP) is 1.60. The number of hydrogen-bond donors (Lipinski definition) is 2. The second-order valence-corrected chi connectivity index (χ2v) is 4.15. The highest BCUT2D eigenvalue weighted by atomic mass is 19.1. The minimum Gasteiger partial charge on any atom is -0.508 e. The molecule has 0 amide bonds. The molecule has 1 aromatic heterocycles. The molecule has 0 unspecified atom stereocenters. The first kappa shape index (κ1) is 12.6. The molecule has 2 N–H and O–H groups in total. The van der Waals surface area contributed by atoms with E-state index in [1.165, 1.54) is 18.2 Å². The summed E-state index contributed by atoms with van der Waals surface area (Å²) in [6.07, 6.45) is 4.45. The summed E-state index contributed by atoms with van der Waals surface area (Å²) >= 11 is 0. The molecule has 1 heterocycles. The van der Waals surface area contributed by atoms with Crippen LogP contribution in [-0.4, -0.2) is 21.2 Å². The smallest absolute Gasteiger partial charge is 0.123 e. The van der Waals surface area contributed by atoms with E-state index >= 15 is 0 Å². The van der Waals surface area contributed by atoms with Crippen molar-refractivity contribution in [2.45, 2.75) is 13.0 Å². The number of phenolic OH excluding ortho intramolecular Hbond substituents is 1. The molecular weight excluding hydrogens is 233 g/mol. The van der Waals surface area contributed by atoms with Crippen LogP contribution >= 0.6 is 0 Å². The average molecular weight is 249 g/mol. The number of aromatic nitrogens is 2. The number of imidazole rings is 1. The molecule has 2 aromatic rings. The van der Waals surface area contributed by atoms with Crippen molar-refractivity contribution >= 4 is 0 Å². The molecule has 0 atom stereocenters. The van der Waals surface area contributed by atoms with E-state index in [1.807, 2.05) is 17.8 Å². The molecule has 1 aromatic carbocycles. The summed E-state index contributed by atoms with van der Waals surface area (Å²) in [6.45, 7) is 1.16. The van der Waals surface area contributed by atoms with E-state index < -0.39 is 0 Å². The lowest BCUT2D eigenvalue weighted by atomic mass is 10.2. The summed E-state index contributed by atoms with van der Waals surface area (Å²) in [5.41, 5.74) is 0.565. The van der Waals surface area contributed by atoms with Gasteiger partial charge in [0.15, 0.2) is 0 Å². The molecule has 2 rings (SSSR count). The van der Waals surface area contributed by atoms with Crippen molar-refractivity contribution in [2.24, 2.45) is 7.05 Å². The Morgan fingerprint density at radius 1 is 1.44 bits per heavy atom. The van der Waals surface area contributed by atoms with Crippen LogP contribution in [0.1, 0.15) is 11.4 Å². The lowest BCUT2D eigenvalue weighted by molar-refractivity contribution is 0.461. The lowest BCUT2D eigenvalue weighted by Crippen LogP contribution is -2.18. The van der Waals surface area contributed by atoms with Crippen LogP contribution in [0.15, 0.2) is 30.6 Å². The van der Waals surface area contributed by atoms with Crippen molar-refractivity contribution in [2.75, 3.05) is 6.54 Å². The monoisotopic (exact) mass is 249 g/mol. The Morgan fingerprint density at radius 2 is 2.28 bits per heavy atom. The Hall–Kier alpha value is -1.88. The maximum Gasteiger partial charge on any atom is 0.123 e. The molecule has 0 aliphatic rings. The number of nitrogens with zero attached hydrogens (tertiary/aromatic N) is 2. The first-order valence-electron chi connectivity index (χ1n) is 5.81. The predicted molar refractivity (Wildman–Crippen MR) is 66.7 cm³/mol. The topological polar surface area (TPSA) is 50.1 Å². The van der Waals surface area contributed by atoms with Crippen LogP contribution in [0.25, 0.3) is 0 Å². The highest BCUT2D eigenvalue weighted by molar-refractivity contribution is 5.32. The van der Waals surface area contributed by atoms with Crippen LogP contribution in [0.3, 0.4) is 0 Å². The standard InChI is InChI=1S/C13H16FN3O/c1-17-7-6-16-13(17)4-5-15-9-10-8-11(14)2-3-12(10)18/h2-3,6-8,15,18H,4-5,9H2,1H3. The van der Waals surface area contributed by atoms with Crippen molar-refractivity contribution < 1.29 is 9.50 Å². The first-order valence-corrected chi connectivity index (χ1v) is 5.81. The Morgan fingerprint density at radius 3 is 3.00 bits per heavy atom. The number of rotatable bonds is 5. The number of nitrogens with one attached hydrogen (secondary N) is 1. The van der Waals surface area contributed by atoms with Gasteiger partial charge in [0.25, 0.3) is 0 Å². The van der Waals surface area contributed by atoms with Gasteiger partial charge in [-0.2, -0.15) is 0 Å². The molecule has 0 saturated heterocycles. The van der Waals surface area contributed by atoms with Crippen LogP contribution in [0.4, 0.5) is 4.39 Å². The van der Waals surface area contributed by atoms with E-state index in [4.69, 9.17) is 0 Å². The van der Waals surface area contributed by atoms with E-state index in [2.05, 4.69) is 10.3 Å². The van der Waals surface area contributed by atoms with E-state index in [0.717, 1.165) is 18.8 Å². The van der Waals surface area contributed by atoms with E-state index in [9.17, 15) is 9.50 Å². The summed E-state index contributed by atoms with van der Waals surface area (Å²) in [7, 11) is 1.95. The molecule has 0 fully saturated rings. The van der Waals surface area contributed by atoms with Crippen LogP contribution in [0.2, 0.25) is 0 Å². The Bertz CT molecular complexity index is 525. The second-order valence-electron chi connectivity index (χ2n) is 4.15. The average Bonchev–Trinajstić information content (AvgIpc) is 2.75. The van der Waals surface area contributed by atoms with E-state index in [-0.39, 0.29) is 11.6 Å². The number of benzene rings is 1. The van der Waals surface area contributed by atoms with Crippen molar-refractivity contribution in [3.05, 3.63) is 47.8 Å². The van der Waals surface area contributed by atoms with Gasteiger partial charge in [-0.25, -0.2) is 9.37 Å².